The molecule has 0 aliphatic carbocycles. The molecule has 1 aromatic carbocycles. The van der Waals surface area contributed by atoms with Crippen molar-refractivity contribution in [2.45, 2.75) is 13.8 Å². The van der Waals surface area contributed by atoms with Crippen LogP contribution >= 0.6 is 11.3 Å². The van der Waals surface area contributed by atoms with Crippen LogP contribution in [0.15, 0.2) is 41.8 Å². The lowest BCUT2D eigenvalue weighted by Crippen LogP contribution is -2.22. The van der Waals surface area contributed by atoms with E-state index in [-0.39, 0.29) is 11.8 Å². The van der Waals surface area contributed by atoms with Gasteiger partial charge in [-0.25, -0.2) is 4.98 Å². The SMILES string of the molecule is CNC(=O)c1c(C)cccc1NC(=O)c1cc(-c2cccs2)nc2c1c(C)nn2C. The fraction of sp³-hybridized carbons (Fsp3) is 0.182. The summed E-state index contributed by atoms with van der Waals surface area (Å²) in [5, 5.41) is 12.7. The maximum Gasteiger partial charge on any atom is 0.256 e. The molecule has 3 heterocycles. The van der Waals surface area contributed by atoms with E-state index in [9.17, 15) is 9.59 Å². The van der Waals surface area contributed by atoms with Crippen LogP contribution in [-0.4, -0.2) is 33.6 Å². The number of hydrogen-bond acceptors (Lipinski definition) is 5. The highest BCUT2D eigenvalue weighted by molar-refractivity contribution is 7.13. The molecule has 4 aromatic rings. The second-order valence-corrected chi connectivity index (χ2v) is 7.92. The summed E-state index contributed by atoms with van der Waals surface area (Å²) in [4.78, 5) is 31.4. The Morgan fingerprint density at radius 2 is 1.90 bits per heavy atom. The van der Waals surface area contributed by atoms with Crippen LogP contribution in [0.25, 0.3) is 21.6 Å². The Balaban J connectivity index is 1.85. The molecule has 2 amide bonds. The number of fused-ring (bicyclic) bond motifs is 1. The molecule has 0 aliphatic heterocycles. The molecule has 0 atom stereocenters. The zero-order valence-corrected chi connectivity index (χ0v) is 17.9. The van der Waals surface area contributed by atoms with E-state index in [1.807, 2.05) is 50.5 Å². The fourth-order valence-corrected chi connectivity index (χ4v) is 4.25. The van der Waals surface area contributed by atoms with Crippen LogP contribution in [0.2, 0.25) is 0 Å². The lowest BCUT2D eigenvalue weighted by atomic mass is 10.0. The number of nitrogens with zero attached hydrogens (tertiary/aromatic N) is 3. The molecule has 0 unspecified atom stereocenters. The van der Waals surface area contributed by atoms with Gasteiger partial charge in [0.1, 0.15) is 0 Å². The van der Waals surface area contributed by atoms with Gasteiger partial charge in [-0.15, -0.1) is 11.3 Å². The van der Waals surface area contributed by atoms with Crippen molar-refractivity contribution in [3.63, 3.8) is 0 Å². The average Bonchev–Trinajstić information content (AvgIpc) is 3.36. The Morgan fingerprint density at radius 3 is 2.60 bits per heavy atom. The molecule has 30 heavy (non-hydrogen) atoms. The van der Waals surface area contributed by atoms with E-state index >= 15 is 0 Å². The Hall–Kier alpha value is -3.52. The lowest BCUT2D eigenvalue weighted by molar-refractivity contribution is 0.0963. The molecule has 152 valence electrons. The Bertz CT molecular complexity index is 1270. The number of hydrogen-bond donors (Lipinski definition) is 2. The molecular weight excluding hydrogens is 398 g/mol. The Kier molecular flexibility index (Phi) is 5.09. The van der Waals surface area contributed by atoms with E-state index in [1.54, 1.807) is 35.2 Å². The van der Waals surface area contributed by atoms with E-state index in [0.29, 0.717) is 33.5 Å². The van der Waals surface area contributed by atoms with Gasteiger partial charge >= 0.3 is 0 Å². The Labute approximate surface area is 177 Å². The van der Waals surface area contributed by atoms with Gasteiger partial charge in [0.2, 0.25) is 0 Å². The topological polar surface area (TPSA) is 88.9 Å². The molecule has 8 heteroatoms. The number of nitrogens with one attached hydrogen (secondary N) is 2. The van der Waals surface area contributed by atoms with Crippen LogP contribution in [0.5, 0.6) is 0 Å². The van der Waals surface area contributed by atoms with E-state index in [0.717, 1.165) is 16.1 Å². The van der Waals surface area contributed by atoms with Gasteiger partial charge in [0.05, 0.1) is 38.5 Å². The highest BCUT2D eigenvalue weighted by atomic mass is 32.1. The molecule has 3 aromatic heterocycles. The molecule has 2 N–H and O–H groups in total. The number of carbonyl (C=O) groups is 2. The maximum absolute atomic E-state index is 13.4. The van der Waals surface area contributed by atoms with Crippen molar-refractivity contribution in [3.8, 4) is 10.6 Å². The lowest BCUT2D eigenvalue weighted by Gasteiger charge is -2.13. The van der Waals surface area contributed by atoms with Crippen molar-refractivity contribution < 1.29 is 9.59 Å². The summed E-state index contributed by atoms with van der Waals surface area (Å²) < 4.78 is 1.68. The third-order valence-corrected chi connectivity index (χ3v) is 5.85. The first-order chi connectivity index (χ1) is 14.4. The number of pyridine rings is 1. The van der Waals surface area contributed by atoms with Gasteiger partial charge in [0, 0.05) is 14.1 Å². The van der Waals surface area contributed by atoms with Crippen LogP contribution in [0.3, 0.4) is 0 Å². The summed E-state index contributed by atoms with van der Waals surface area (Å²) in [5.41, 5.74) is 4.23. The van der Waals surface area contributed by atoms with Crippen LogP contribution in [0.1, 0.15) is 32.0 Å². The minimum Gasteiger partial charge on any atom is -0.355 e. The highest BCUT2D eigenvalue weighted by Gasteiger charge is 2.21. The predicted molar refractivity (Wildman–Crippen MR) is 119 cm³/mol. The molecule has 0 aliphatic rings. The number of amides is 2. The first kappa shape index (κ1) is 19.8. The maximum atomic E-state index is 13.4. The molecule has 0 radical (unpaired) electrons. The number of aryl methyl sites for hydroxylation is 3. The number of carbonyl (C=O) groups excluding carboxylic acids is 2. The second kappa shape index (κ2) is 7.72. The van der Waals surface area contributed by atoms with Gasteiger partial charge in [-0.3, -0.25) is 14.3 Å². The molecule has 0 saturated carbocycles. The standard InChI is InChI=1S/C22H21N5O2S/c1-12-7-5-8-15(18(12)22(29)23-3)25-21(28)14-11-16(17-9-6-10-30-17)24-20-19(14)13(2)26-27(20)4/h5-11H,1-4H3,(H,23,29)(H,25,28). The molecule has 7 nitrogen and oxygen atoms in total. The van der Waals surface area contributed by atoms with Crippen molar-refractivity contribution in [1.82, 2.24) is 20.1 Å². The number of rotatable bonds is 4. The second-order valence-electron chi connectivity index (χ2n) is 6.97. The van der Waals surface area contributed by atoms with Crippen LogP contribution in [0, 0.1) is 13.8 Å². The largest absolute Gasteiger partial charge is 0.355 e. The van der Waals surface area contributed by atoms with Crippen molar-refractivity contribution in [2.24, 2.45) is 7.05 Å². The van der Waals surface area contributed by atoms with Gasteiger partial charge in [-0.1, -0.05) is 18.2 Å². The minimum absolute atomic E-state index is 0.250. The molecule has 0 fully saturated rings. The summed E-state index contributed by atoms with van der Waals surface area (Å²) in [6, 6.07) is 11.1. The first-order valence-electron chi connectivity index (χ1n) is 9.42. The van der Waals surface area contributed by atoms with Gasteiger partial charge in [-0.2, -0.15) is 5.10 Å². The van der Waals surface area contributed by atoms with Crippen LogP contribution < -0.4 is 10.6 Å². The molecule has 0 bridgehead atoms. The molecular formula is C22H21N5O2S. The van der Waals surface area contributed by atoms with Crippen LogP contribution in [-0.2, 0) is 7.05 Å². The summed E-state index contributed by atoms with van der Waals surface area (Å²) in [5.74, 6) is -0.563. The summed E-state index contributed by atoms with van der Waals surface area (Å²) in [6.07, 6.45) is 0. The number of aromatic nitrogens is 3. The molecule has 0 spiro atoms. The Morgan fingerprint density at radius 1 is 1.10 bits per heavy atom. The molecule has 4 rings (SSSR count). The van der Waals surface area contributed by atoms with Crippen molar-refractivity contribution in [2.75, 3.05) is 12.4 Å². The highest BCUT2D eigenvalue weighted by Crippen LogP contribution is 2.30. The van der Waals surface area contributed by atoms with E-state index in [2.05, 4.69) is 15.7 Å². The zero-order valence-electron chi connectivity index (χ0n) is 17.1. The normalized spacial score (nSPS) is 10.9. The average molecular weight is 420 g/mol. The number of thiophene rings is 1. The van der Waals surface area contributed by atoms with Crippen molar-refractivity contribution in [3.05, 3.63) is 64.2 Å². The van der Waals surface area contributed by atoms with E-state index < -0.39 is 0 Å². The smallest absolute Gasteiger partial charge is 0.256 e. The van der Waals surface area contributed by atoms with Gasteiger partial charge in [-0.05, 0) is 43.0 Å². The summed E-state index contributed by atoms with van der Waals surface area (Å²) in [7, 11) is 3.38. The number of benzene rings is 1. The summed E-state index contributed by atoms with van der Waals surface area (Å²) >= 11 is 1.56. The molecule has 0 saturated heterocycles. The summed E-state index contributed by atoms with van der Waals surface area (Å²) in [6.45, 7) is 3.69. The number of anilines is 1. The van der Waals surface area contributed by atoms with Crippen LogP contribution in [0.4, 0.5) is 5.69 Å². The van der Waals surface area contributed by atoms with Crippen molar-refractivity contribution >= 4 is 39.9 Å². The quantitative estimate of drug-likeness (QED) is 0.525. The zero-order chi connectivity index (χ0) is 21.4. The van der Waals surface area contributed by atoms with Gasteiger partial charge in [0.25, 0.3) is 11.8 Å². The van der Waals surface area contributed by atoms with Gasteiger partial charge in [0.15, 0.2) is 5.65 Å². The third-order valence-electron chi connectivity index (χ3n) is 4.96. The minimum atomic E-state index is -0.313. The van der Waals surface area contributed by atoms with Gasteiger partial charge < -0.3 is 10.6 Å². The predicted octanol–water partition coefficient (Wildman–Crippen LogP) is 3.93. The van der Waals surface area contributed by atoms with E-state index in [1.165, 1.54) is 0 Å². The van der Waals surface area contributed by atoms with E-state index in [4.69, 9.17) is 4.98 Å². The monoisotopic (exact) mass is 419 g/mol. The van der Waals surface area contributed by atoms with Crippen molar-refractivity contribution in [1.29, 1.82) is 0 Å². The third kappa shape index (κ3) is 3.35. The first-order valence-corrected chi connectivity index (χ1v) is 10.3. The fourth-order valence-electron chi connectivity index (χ4n) is 3.56.